The van der Waals surface area contributed by atoms with Crippen molar-refractivity contribution in [1.82, 2.24) is 14.9 Å². The van der Waals surface area contributed by atoms with Crippen molar-refractivity contribution in [3.8, 4) is 0 Å². The topological polar surface area (TPSA) is 49.0 Å². The number of aryl methyl sites for hydroxylation is 1. The first-order chi connectivity index (χ1) is 11.7. The zero-order valence-electron chi connectivity index (χ0n) is 13.8. The number of aromatic amines is 1. The van der Waals surface area contributed by atoms with E-state index in [-0.39, 0.29) is 11.9 Å². The van der Waals surface area contributed by atoms with Crippen molar-refractivity contribution in [2.24, 2.45) is 0 Å². The molecule has 0 radical (unpaired) electrons. The van der Waals surface area contributed by atoms with Crippen LogP contribution in [0.25, 0.3) is 11.0 Å². The number of carbonyl (C=O) groups is 1. The largest absolute Gasteiger partial charge is 0.340 e. The molecule has 1 aliphatic rings. The number of hydrogen-bond acceptors (Lipinski definition) is 2. The molecule has 24 heavy (non-hydrogen) atoms. The van der Waals surface area contributed by atoms with E-state index in [4.69, 9.17) is 4.98 Å². The first-order valence-corrected chi connectivity index (χ1v) is 8.51. The van der Waals surface area contributed by atoms with Gasteiger partial charge in [0.1, 0.15) is 5.82 Å². The molecule has 0 saturated carbocycles. The summed E-state index contributed by atoms with van der Waals surface area (Å²) in [5.74, 6) is 1.10. The predicted molar refractivity (Wildman–Crippen MR) is 94.7 cm³/mol. The number of nitrogens with one attached hydrogen (secondary N) is 1. The number of imidazole rings is 1. The van der Waals surface area contributed by atoms with E-state index in [1.807, 2.05) is 47.4 Å². The van der Waals surface area contributed by atoms with E-state index >= 15 is 0 Å². The quantitative estimate of drug-likeness (QED) is 0.799. The third kappa shape index (κ3) is 2.68. The summed E-state index contributed by atoms with van der Waals surface area (Å²) in [7, 11) is 0. The van der Waals surface area contributed by atoms with Crippen molar-refractivity contribution in [3.05, 3.63) is 65.5 Å². The third-order valence-electron chi connectivity index (χ3n) is 4.90. The van der Waals surface area contributed by atoms with Crippen LogP contribution in [-0.2, 0) is 11.2 Å². The Morgan fingerprint density at radius 1 is 1.21 bits per heavy atom. The highest BCUT2D eigenvalue weighted by molar-refractivity contribution is 5.80. The number of fused-ring (bicyclic) bond motifs is 1. The number of rotatable bonds is 3. The van der Waals surface area contributed by atoms with Gasteiger partial charge in [0, 0.05) is 6.54 Å². The maximum Gasteiger partial charge on any atom is 0.227 e. The molecule has 1 aromatic heterocycles. The smallest absolute Gasteiger partial charge is 0.227 e. The van der Waals surface area contributed by atoms with Crippen molar-refractivity contribution in [3.63, 3.8) is 0 Å². The maximum absolute atomic E-state index is 12.9. The average molecular weight is 319 g/mol. The second kappa shape index (κ2) is 6.11. The lowest BCUT2D eigenvalue weighted by Gasteiger charge is -2.23. The molecule has 4 nitrogen and oxygen atoms in total. The fraction of sp³-hybridized carbons (Fsp3) is 0.300. The van der Waals surface area contributed by atoms with Crippen molar-refractivity contribution in [2.45, 2.75) is 32.2 Å². The molecule has 1 N–H and O–H groups in total. The second-order valence-corrected chi connectivity index (χ2v) is 6.49. The number of carbonyl (C=O) groups excluding carboxylic acids is 1. The summed E-state index contributed by atoms with van der Waals surface area (Å²) >= 11 is 0. The summed E-state index contributed by atoms with van der Waals surface area (Å²) in [5, 5.41) is 0. The van der Waals surface area contributed by atoms with E-state index < -0.39 is 0 Å². The summed E-state index contributed by atoms with van der Waals surface area (Å²) in [6.07, 6.45) is 2.46. The molecule has 122 valence electrons. The van der Waals surface area contributed by atoms with Gasteiger partial charge >= 0.3 is 0 Å². The SMILES string of the molecule is Cc1ccccc1CC(=O)N1CCCC1c1nc2ccccc2[nH]1. The number of likely N-dealkylation sites (tertiary alicyclic amines) is 1. The van der Waals surface area contributed by atoms with Crippen molar-refractivity contribution < 1.29 is 4.79 Å². The molecule has 0 bridgehead atoms. The van der Waals surface area contributed by atoms with Crippen LogP contribution in [0.3, 0.4) is 0 Å². The molecule has 1 unspecified atom stereocenters. The minimum atomic E-state index is 0.0638. The van der Waals surface area contributed by atoms with Crippen LogP contribution < -0.4 is 0 Å². The summed E-state index contributed by atoms with van der Waals surface area (Å²) in [5.41, 5.74) is 4.28. The van der Waals surface area contributed by atoms with Crippen molar-refractivity contribution in [2.75, 3.05) is 6.54 Å². The molecule has 1 aliphatic heterocycles. The summed E-state index contributed by atoms with van der Waals surface area (Å²) in [6, 6.07) is 16.2. The molecule has 0 aliphatic carbocycles. The zero-order valence-corrected chi connectivity index (χ0v) is 13.8. The van der Waals surface area contributed by atoms with Crippen LogP contribution in [0.15, 0.2) is 48.5 Å². The number of amides is 1. The maximum atomic E-state index is 12.9. The normalized spacial score (nSPS) is 17.5. The van der Waals surface area contributed by atoms with Gasteiger partial charge in [0.25, 0.3) is 0 Å². The van der Waals surface area contributed by atoms with Gasteiger partial charge in [-0.3, -0.25) is 4.79 Å². The summed E-state index contributed by atoms with van der Waals surface area (Å²) in [4.78, 5) is 22.9. The Hall–Kier alpha value is -2.62. The Bertz CT molecular complexity index is 850. The van der Waals surface area contributed by atoms with Crippen LogP contribution in [-0.4, -0.2) is 27.3 Å². The highest BCUT2D eigenvalue weighted by Crippen LogP contribution is 2.32. The minimum absolute atomic E-state index is 0.0638. The molecule has 0 spiro atoms. The van der Waals surface area contributed by atoms with E-state index in [9.17, 15) is 4.79 Å². The van der Waals surface area contributed by atoms with Crippen LogP contribution in [0, 0.1) is 6.92 Å². The lowest BCUT2D eigenvalue weighted by Crippen LogP contribution is -2.32. The van der Waals surface area contributed by atoms with E-state index in [1.165, 1.54) is 5.56 Å². The van der Waals surface area contributed by atoms with E-state index in [2.05, 4.69) is 18.0 Å². The Kier molecular flexibility index (Phi) is 3.81. The third-order valence-corrected chi connectivity index (χ3v) is 4.90. The number of H-pyrrole nitrogens is 1. The van der Waals surface area contributed by atoms with E-state index in [0.717, 1.165) is 41.8 Å². The van der Waals surface area contributed by atoms with Gasteiger partial charge in [0.2, 0.25) is 5.91 Å². The molecule has 3 aromatic rings. The first kappa shape index (κ1) is 14.9. The van der Waals surface area contributed by atoms with Crippen LogP contribution in [0.1, 0.15) is 35.8 Å². The predicted octanol–water partition coefficient (Wildman–Crippen LogP) is 3.78. The van der Waals surface area contributed by atoms with Gasteiger partial charge in [-0.1, -0.05) is 36.4 Å². The average Bonchev–Trinajstić information content (AvgIpc) is 3.23. The van der Waals surface area contributed by atoms with Crippen LogP contribution in [0.2, 0.25) is 0 Å². The summed E-state index contributed by atoms with van der Waals surface area (Å²) in [6.45, 7) is 2.87. The molecule has 1 fully saturated rings. The highest BCUT2D eigenvalue weighted by atomic mass is 16.2. The number of para-hydroxylation sites is 2. The van der Waals surface area contributed by atoms with Crippen LogP contribution in [0.4, 0.5) is 0 Å². The fourth-order valence-corrected chi connectivity index (χ4v) is 3.55. The molecule has 1 atom stereocenters. The molecular formula is C20H21N3O. The van der Waals surface area contributed by atoms with Gasteiger partial charge in [-0.2, -0.15) is 0 Å². The number of benzene rings is 2. The van der Waals surface area contributed by atoms with E-state index in [0.29, 0.717) is 6.42 Å². The van der Waals surface area contributed by atoms with E-state index in [1.54, 1.807) is 0 Å². The molecule has 2 heterocycles. The lowest BCUT2D eigenvalue weighted by atomic mass is 10.1. The highest BCUT2D eigenvalue weighted by Gasteiger charge is 2.32. The molecule has 2 aromatic carbocycles. The Labute approximate surface area is 141 Å². The van der Waals surface area contributed by atoms with Gasteiger partial charge < -0.3 is 9.88 Å². The Morgan fingerprint density at radius 2 is 2.00 bits per heavy atom. The van der Waals surface area contributed by atoms with Crippen molar-refractivity contribution in [1.29, 1.82) is 0 Å². The minimum Gasteiger partial charge on any atom is -0.340 e. The zero-order chi connectivity index (χ0) is 16.5. The van der Waals surface area contributed by atoms with Gasteiger partial charge in [-0.05, 0) is 43.0 Å². The van der Waals surface area contributed by atoms with Gasteiger partial charge in [-0.15, -0.1) is 0 Å². The monoisotopic (exact) mass is 319 g/mol. The fourth-order valence-electron chi connectivity index (χ4n) is 3.55. The van der Waals surface area contributed by atoms with Crippen LogP contribution >= 0.6 is 0 Å². The lowest BCUT2D eigenvalue weighted by molar-refractivity contribution is -0.131. The molecule has 4 heteroatoms. The molecule has 1 saturated heterocycles. The number of nitrogens with zero attached hydrogens (tertiary/aromatic N) is 2. The molecule has 1 amide bonds. The van der Waals surface area contributed by atoms with Gasteiger partial charge in [0.05, 0.1) is 23.5 Å². The molecular weight excluding hydrogens is 298 g/mol. The van der Waals surface area contributed by atoms with Gasteiger partial charge in [0.15, 0.2) is 0 Å². The summed E-state index contributed by atoms with van der Waals surface area (Å²) < 4.78 is 0. The number of aromatic nitrogens is 2. The standard InChI is InChI=1S/C20H21N3O/c1-14-7-2-3-8-15(14)13-19(24)23-12-6-11-18(23)20-21-16-9-4-5-10-17(16)22-20/h2-5,7-10,18H,6,11-13H2,1H3,(H,21,22). The van der Waals surface area contributed by atoms with Gasteiger partial charge in [-0.25, -0.2) is 4.98 Å². The number of hydrogen-bond donors (Lipinski definition) is 1. The second-order valence-electron chi connectivity index (χ2n) is 6.49. The Balaban J connectivity index is 1.58. The Morgan fingerprint density at radius 3 is 2.83 bits per heavy atom. The van der Waals surface area contributed by atoms with Crippen molar-refractivity contribution >= 4 is 16.9 Å². The van der Waals surface area contributed by atoms with Crippen LogP contribution in [0.5, 0.6) is 0 Å². The first-order valence-electron chi connectivity index (χ1n) is 8.51. The molecule has 4 rings (SSSR count).